The van der Waals surface area contributed by atoms with Crippen LogP contribution in [0.3, 0.4) is 0 Å². The molecule has 0 aliphatic heterocycles. The van der Waals surface area contributed by atoms with Gasteiger partial charge < -0.3 is 4.90 Å². The number of hydrogen-bond donors (Lipinski definition) is 0. The lowest BCUT2D eigenvalue weighted by Crippen LogP contribution is -2.33. The van der Waals surface area contributed by atoms with Crippen LogP contribution in [0, 0.1) is 6.42 Å². The zero-order valence-corrected chi connectivity index (χ0v) is 9.70. The summed E-state index contributed by atoms with van der Waals surface area (Å²) in [6.07, 6.45) is 10.8. The SMILES string of the molecule is CCCN(CCC)C(=O)C1=CC=CC[CH]1. The molecule has 0 aromatic heterocycles. The van der Waals surface area contributed by atoms with Crippen molar-refractivity contribution in [3.63, 3.8) is 0 Å². The maximum atomic E-state index is 12.1. The summed E-state index contributed by atoms with van der Waals surface area (Å²) < 4.78 is 0. The molecule has 0 atom stereocenters. The number of hydrogen-bond acceptors (Lipinski definition) is 1. The molecule has 0 aromatic rings. The van der Waals surface area contributed by atoms with Gasteiger partial charge in [-0.15, -0.1) is 0 Å². The standard InChI is InChI=1S/C13H20NO/c1-3-10-14(11-4-2)13(15)12-8-6-5-7-9-12/h5-6,8-9H,3-4,7,10-11H2,1-2H3. The molecule has 2 heteroatoms. The first-order chi connectivity index (χ1) is 7.29. The minimum absolute atomic E-state index is 0.183. The van der Waals surface area contributed by atoms with Crippen molar-refractivity contribution in [3.05, 3.63) is 30.2 Å². The van der Waals surface area contributed by atoms with E-state index >= 15 is 0 Å². The van der Waals surface area contributed by atoms with Gasteiger partial charge in [0.05, 0.1) is 0 Å². The first-order valence-corrected chi connectivity index (χ1v) is 5.78. The van der Waals surface area contributed by atoms with Crippen molar-refractivity contribution in [1.29, 1.82) is 0 Å². The van der Waals surface area contributed by atoms with Crippen molar-refractivity contribution in [2.75, 3.05) is 13.1 Å². The minimum atomic E-state index is 0.183. The summed E-state index contributed by atoms with van der Waals surface area (Å²) in [7, 11) is 0. The van der Waals surface area contributed by atoms with E-state index in [4.69, 9.17) is 0 Å². The molecule has 1 radical (unpaired) electrons. The first-order valence-electron chi connectivity index (χ1n) is 5.78. The van der Waals surface area contributed by atoms with E-state index < -0.39 is 0 Å². The molecule has 0 heterocycles. The topological polar surface area (TPSA) is 20.3 Å². The molecule has 0 aromatic carbocycles. The van der Waals surface area contributed by atoms with Gasteiger partial charge in [0.15, 0.2) is 0 Å². The molecule has 0 fully saturated rings. The van der Waals surface area contributed by atoms with Gasteiger partial charge in [-0.2, -0.15) is 0 Å². The Balaban J connectivity index is 2.61. The first kappa shape index (κ1) is 12.0. The Morgan fingerprint density at radius 1 is 1.33 bits per heavy atom. The van der Waals surface area contributed by atoms with Crippen molar-refractivity contribution in [1.82, 2.24) is 4.90 Å². The van der Waals surface area contributed by atoms with Crippen LogP contribution in [0.5, 0.6) is 0 Å². The van der Waals surface area contributed by atoms with Gasteiger partial charge in [0.2, 0.25) is 5.91 Å². The molecule has 83 valence electrons. The molecule has 0 unspecified atom stereocenters. The van der Waals surface area contributed by atoms with Gasteiger partial charge in [0.25, 0.3) is 0 Å². The van der Waals surface area contributed by atoms with E-state index in [1.165, 1.54) is 0 Å². The largest absolute Gasteiger partial charge is 0.339 e. The Labute approximate surface area is 92.7 Å². The Bertz CT molecular complexity index is 260. The molecule has 15 heavy (non-hydrogen) atoms. The van der Waals surface area contributed by atoms with Crippen LogP contribution in [-0.4, -0.2) is 23.9 Å². The van der Waals surface area contributed by atoms with Gasteiger partial charge in [-0.1, -0.05) is 32.1 Å². The number of carbonyl (C=O) groups excluding carboxylic acids is 1. The van der Waals surface area contributed by atoms with Crippen molar-refractivity contribution in [2.45, 2.75) is 33.1 Å². The molecule has 1 amide bonds. The summed E-state index contributed by atoms with van der Waals surface area (Å²) in [5.74, 6) is 0.183. The number of nitrogens with zero attached hydrogens (tertiary/aromatic N) is 1. The second-order valence-electron chi connectivity index (χ2n) is 3.78. The normalized spacial score (nSPS) is 14.9. The Hall–Kier alpha value is -1.05. The van der Waals surface area contributed by atoms with Crippen LogP contribution in [0.2, 0.25) is 0 Å². The van der Waals surface area contributed by atoms with Crippen molar-refractivity contribution < 1.29 is 4.79 Å². The molecule has 0 saturated heterocycles. The van der Waals surface area contributed by atoms with Gasteiger partial charge in [-0.25, -0.2) is 0 Å². The summed E-state index contributed by atoms with van der Waals surface area (Å²) in [4.78, 5) is 14.0. The van der Waals surface area contributed by atoms with Crippen LogP contribution in [0.4, 0.5) is 0 Å². The zero-order valence-electron chi connectivity index (χ0n) is 9.70. The smallest absolute Gasteiger partial charge is 0.250 e. The molecule has 0 N–H and O–H groups in total. The second kappa shape index (κ2) is 6.44. The van der Waals surface area contributed by atoms with Crippen LogP contribution >= 0.6 is 0 Å². The quantitative estimate of drug-likeness (QED) is 0.677. The summed E-state index contributed by atoms with van der Waals surface area (Å²) in [6, 6.07) is 0. The fraction of sp³-hybridized carbons (Fsp3) is 0.538. The van der Waals surface area contributed by atoms with Crippen LogP contribution in [-0.2, 0) is 4.79 Å². The van der Waals surface area contributed by atoms with Crippen LogP contribution in [0.25, 0.3) is 0 Å². The third-order valence-electron chi connectivity index (χ3n) is 2.41. The summed E-state index contributed by atoms with van der Waals surface area (Å²) >= 11 is 0. The van der Waals surface area contributed by atoms with Crippen LogP contribution in [0.1, 0.15) is 33.1 Å². The van der Waals surface area contributed by atoms with E-state index in [2.05, 4.69) is 19.9 Å². The van der Waals surface area contributed by atoms with Crippen LogP contribution < -0.4 is 0 Å². The van der Waals surface area contributed by atoms with E-state index in [0.717, 1.165) is 37.9 Å². The van der Waals surface area contributed by atoms with E-state index in [1.807, 2.05) is 23.5 Å². The molecule has 0 saturated carbocycles. The number of allylic oxidation sites excluding steroid dienone is 3. The Morgan fingerprint density at radius 3 is 2.47 bits per heavy atom. The van der Waals surface area contributed by atoms with E-state index in [-0.39, 0.29) is 5.91 Å². The second-order valence-corrected chi connectivity index (χ2v) is 3.78. The van der Waals surface area contributed by atoms with Crippen molar-refractivity contribution >= 4 is 5.91 Å². The maximum absolute atomic E-state index is 12.1. The molecule has 1 rings (SSSR count). The van der Waals surface area contributed by atoms with Gasteiger partial charge in [0, 0.05) is 25.1 Å². The highest BCUT2D eigenvalue weighted by atomic mass is 16.2. The van der Waals surface area contributed by atoms with Gasteiger partial charge in [-0.05, 0) is 19.3 Å². The van der Waals surface area contributed by atoms with Gasteiger partial charge in [0.1, 0.15) is 0 Å². The summed E-state index contributed by atoms with van der Waals surface area (Å²) in [5, 5.41) is 0. The average Bonchev–Trinajstić information content (AvgIpc) is 2.29. The van der Waals surface area contributed by atoms with Gasteiger partial charge in [-0.3, -0.25) is 4.79 Å². The highest BCUT2D eigenvalue weighted by molar-refractivity contribution is 5.96. The fourth-order valence-electron chi connectivity index (χ4n) is 1.71. The third kappa shape index (κ3) is 3.54. The summed E-state index contributed by atoms with van der Waals surface area (Å²) in [5.41, 5.74) is 0.847. The van der Waals surface area contributed by atoms with E-state index in [9.17, 15) is 4.79 Å². The van der Waals surface area contributed by atoms with E-state index in [0.29, 0.717) is 0 Å². The zero-order chi connectivity index (χ0) is 11.1. The Morgan fingerprint density at radius 2 is 2.00 bits per heavy atom. The minimum Gasteiger partial charge on any atom is -0.339 e. The molecule has 0 spiro atoms. The highest BCUT2D eigenvalue weighted by Gasteiger charge is 2.16. The van der Waals surface area contributed by atoms with Crippen LogP contribution in [0.15, 0.2) is 23.8 Å². The lowest BCUT2D eigenvalue weighted by atomic mass is 10.0. The predicted molar refractivity (Wildman–Crippen MR) is 63.3 cm³/mol. The predicted octanol–water partition coefficient (Wildman–Crippen LogP) is 2.73. The van der Waals surface area contributed by atoms with E-state index in [1.54, 1.807) is 0 Å². The monoisotopic (exact) mass is 206 g/mol. The lowest BCUT2D eigenvalue weighted by molar-refractivity contribution is -0.127. The number of amides is 1. The molecular formula is C13H20NO. The molecule has 1 aliphatic rings. The molecule has 2 nitrogen and oxygen atoms in total. The fourth-order valence-corrected chi connectivity index (χ4v) is 1.71. The Kier molecular flexibility index (Phi) is 5.16. The summed E-state index contributed by atoms with van der Waals surface area (Å²) in [6.45, 7) is 5.94. The third-order valence-corrected chi connectivity index (χ3v) is 2.41. The van der Waals surface area contributed by atoms with Crippen molar-refractivity contribution in [2.24, 2.45) is 0 Å². The molecule has 0 bridgehead atoms. The van der Waals surface area contributed by atoms with Gasteiger partial charge >= 0.3 is 0 Å². The highest BCUT2D eigenvalue weighted by Crippen LogP contribution is 2.14. The number of carbonyl (C=O) groups is 1. The molecule has 1 aliphatic carbocycles. The molecular weight excluding hydrogens is 186 g/mol. The maximum Gasteiger partial charge on any atom is 0.250 e. The van der Waals surface area contributed by atoms with Crippen molar-refractivity contribution in [3.8, 4) is 0 Å². The lowest BCUT2D eigenvalue weighted by Gasteiger charge is -2.23. The number of rotatable bonds is 5. The average molecular weight is 206 g/mol.